The maximum Gasteiger partial charge on any atom is 0.309 e. The van der Waals surface area contributed by atoms with Crippen LogP contribution in [0.3, 0.4) is 0 Å². The minimum atomic E-state index is -0.714. The molecule has 1 fully saturated rings. The maximum atomic E-state index is 11.0. The van der Waals surface area contributed by atoms with Gasteiger partial charge in [-0.3, -0.25) is 9.69 Å². The van der Waals surface area contributed by atoms with Crippen molar-refractivity contribution in [3.8, 4) is 17.6 Å². The highest BCUT2D eigenvalue weighted by Gasteiger charge is 2.32. The molecule has 30 heavy (non-hydrogen) atoms. The summed E-state index contributed by atoms with van der Waals surface area (Å²) in [5, 5.41) is 18.4. The summed E-state index contributed by atoms with van der Waals surface area (Å²) in [7, 11) is 0. The van der Waals surface area contributed by atoms with Gasteiger partial charge in [-0.1, -0.05) is 19.1 Å². The Labute approximate surface area is 177 Å². The number of ether oxygens (including phenoxy) is 2. The molecule has 0 atom stereocenters. The van der Waals surface area contributed by atoms with Gasteiger partial charge in [-0.2, -0.15) is 5.26 Å². The van der Waals surface area contributed by atoms with E-state index in [0.717, 1.165) is 24.3 Å². The summed E-state index contributed by atoms with van der Waals surface area (Å²) in [6.07, 6.45) is 0.888. The van der Waals surface area contributed by atoms with Crippen LogP contribution in [0.15, 0.2) is 36.4 Å². The van der Waals surface area contributed by atoms with E-state index in [9.17, 15) is 10.1 Å². The number of aryl methyl sites for hydroxylation is 1. The largest absolute Gasteiger partial charge is 0.490 e. The monoisotopic (exact) mass is 408 g/mol. The van der Waals surface area contributed by atoms with Crippen molar-refractivity contribution in [2.75, 3.05) is 13.1 Å². The molecule has 2 aromatic carbocycles. The number of rotatable bonds is 9. The fourth-order valence-electron chi connectivity index (χ4n) is 3.55. The lowest BCUT2D eigenvalue weighted by molar-refractivity contribution is -0.147. The third kappa shape index (κ3) is 5.31. The Kier molecular flexibility index (Phi) is 6.96. The number of likely N-dealkylation sites (tertiary alicyclic amines) is 1. The predicted octanol–water partition coefficient (Wildman–Crippen LogP) is 4.00. The zero-order chi connectivity index (χ0) is 21.7. The van der Waals surface area contributed by atoms with Crippen LogP contribution in [0, 0.1) is 17.2 Å². The Hall–Kier alpha value is -3.04. The van der Waals surface area contributed by atoms with Gasteiger partial charge in [0.05, 0.1) is 17.6 Å². The van der Waals surface area contributed by atoms with E-state index in [1.165, 1.54) is 11.1 Å². The molecule has 0 unspecified atom stereocenters. The van der Waals surface area contributed by atoms with E-state index in [1.807, 2.05) is 38.1 Å². The van der Waals surface area contributed by atoms with Crippen LogP contribution in [-0.2, 0) is 24.4 Å². The van der Waals surface area contributed by atoms with Gasteiger partial charge in [0.2, 0.25) is 0 Å². The van der Waals surface area contributed by atoms with Gasteiger partial charge in [0.25, 0.3) is 0 Å². The predicted molar refractivity (Wildman–Crippen MR) is 113 cm³/mol. The summed E-state index contributed by atoms with van der Waals surface area (Å²) in [6, 6.07) is 13.8. The van der Waals surface area contributed by atoms with Crippen LogP contribution in [0.5, 0.6) is 11.5 Å². The third-order valence-electron chi connectivity index (χ3n) is 5.19. The van der Waals surface area contributed by atoms with Crippen LogP contribution in [-0.4, -0.2) is 35.2 Å². The summed E-state index contributed by atoms with van der Waals surface area (Å²) < 4.78 is 11.6. The molecule has 0 aromatic heterocycles. The Morgan fingerprint density at radius 1 is 1.23 bits per heavy atom. The molecule has 0 spiro atoms. The number of carboxylic acid groups (broad SMARTS) is 1. The molecule has 0 radical (unpaired) electrons. The van der Waals surface area contributed by atoms with Gasteiger partial charge in [0.1, 0.15) is 24.2 Å². The van der Waals surface area contributed by atoms with Crippen molar-refractivity contribution in [2.45, 2.75) is 46.4 Å². The minimum Gasteiger partial charge on any atom is -0.490 e. The molecule has 6 heteroatoms. The van der Waals surface area contributed by atoms with Gasteiger partial charge in [-0.15, -0.1) is 0 Å². The topological polar surface area (TPSA) is 82.8 Å². The normalized spacial score (nSPS) is 14.2. The second kappa shape index (κ2) is 9.64. The average molecular weight is 408 g/mol. The SMILES string of the molecule is CCc1cc(OCc2ccc(OC(C)C)c(C#N)c2)ccc1CN1CC(C(=O)O)C1. The summed E-state index contributed by atoms with van der Waals surface area (Å²) >= 11 is 0. The van der Waals surface area contributed by atoms with Gasteiger partial charge in [-0.05, 0) is 61.2 Å². The number of aliphatic carboxylic acids is 1. The third-order valence-corrected chi connectivity index (χ3v) is 5.19. The number of carbonyl (C=O) groups is 1. The number of carboxylic acids is 1. The van der Waals surface area contributed by atoms with Crippen molar-refractivity contribution in [2.24, 2.45) is 5.92 Å². The van der Waals surface area contributed by atoms with E-state index < -0.39 is 5.97 Å². The number of hydrogen-bond acceptors (Lipinski definition) is 5. The van der Waals surface area contributed by atoms with Crippen molar-refractivity contribution in [3.63, 3.8) is 0 Å². The van der Waals surface area contributed by atoms with Crippen molar-refractivity contribution in [1.82, 2.24) is 4.90 Å². The highest BCUT2D eigenvalue weighted by Crippen LogP contribution is 2.25. The first-order valence-corrected chi connectivity index (χ1v) is 10.3. The average Bonchev–Trinajstić information content (AvgIpc) is 2.69. The first kappa shape index (κ1) is 21.7. The molecule has 0 aliphatic carbocycles. The molecule has 0 amide bonds. The fraction of sp³-hybridized carbons (Fsp3) is 0.417. The Bertz CT molecular complexity index is 943. The highest BCUT2D eigenvalue weighted by molar-refractivity contribution is 5.71. The first-order chi connectivity index (χ1) is 14.4. The van der Waals surface area contributed by atoms with Crippen LogP contribution < -0.4 is 9.47 Å². The minimum absolute atomic E-state index is 0.0106. The van der Waals surface area contributed by atoms with E-state index in [4.69, 9.17) is 14.6 Å². The van der Waals surface area contributed by atoms with Crippen LogP contribution in [0.1, 0.15) is 43.0 Å². The van der Waals surface area contributed by atoms with Crippen molar-refractivity contribution < 1.29 is 19.4 Å². The van der Waals surface area contributed by atoms with Crippen molar-refractivity contribution in [1.29, 1.82) is 5.26 Å². The van der Waals surface area contributed by atoms with Crippen LogP contribution in [0.4, 0.5) is 0 Å². The van der Waals surface area contributed by atoms with E-state index >= 15 is 0 Å². The van der Waals surface area contributed by atoms with Crippen molar-refractivity contribution >= 4 is 5.97 Å². The molecule has 1 aliphatic rings. The number of benzene rings is 2. The number of hydrogen-bond donors (Lipinski definition) is 1. The Balaban J connectivity index is 1.62. The van der Waals surface area contributed by atoms with Gasteiger partial charge in [0.15, 0.2) is 0 Å². The molecule has 1 aliphatic heterocycles. The van der Waals surface area contributed by atoms with Gasteiger partial charge in [0, 0.05) is 19.6 Å². The van der Waals surface area contributed by atoms with Gasteiger partial charge < -0.3 is 14.6 Å². The zero-order valence-electron chi connectivity index (χ0n) is 17.7. The number of nitriles is 1. The summed E-state index contributed by atoms with van der Waals surface area (Å²) in [6.45, 7) is 8.30. The molecule has 1 saturated heterocycles. The summed E-state index contributed by atoms with van der Waals surface area (Å²) in [5.41, 5.74) is 3.81. The molecule has 2 aromatic rings. The lowest BCUT2D eigenvalue weighted by atomic mass is 9.97. The van der Waals surface area contributed by atoms with E-state index in [0.29, 0.717) is 31.0 Å². The molecule has 6 nitrogen and oxygen atoms in total. The van der Waals surface area contributed by atoms with E-state index in [2.05, 4.69) is 24.0 Å². The van der Waals surface area contributed by atoms with E-state index in [-0.39, 0.29) is 12.0 Å². The van der Waals surface area contributed by atoms with Gasteiger partial charge in [-0.25, -0.2) is 0 Å². The molecule has 0 bridgehead atoms. The van der Waals surface area contributed by atoms with Crippen LogP contribution in [0.2, 0.25) is 0 Å². The standard InChI is InChI=1S/C24H28N2O4/c1-4-18-10-22(7-6-19(18)12-26-13-21(14-26)24(27)28)29-15-17-5-8-23(30-16(2)3)20(9-17)11-25/h5-10,16,21H,4,12-15H2,1-3H3,(H,27,28). The second-order valence-corrected chi connectivity index (χ2v) is 7.91. The van der Waals surface area contributed by atoms with Gasteiger partial charge >= 0.3 is 5.97 Å². The molecule has 158 valence electrons. The lowest BCUT2D eigenvalue weighted by Gasteiger charge is -2.37. The molecule has 3 rings (SSSR count). The Morgan fingerprint density at radius 2 is 2.00 bits per heavy atom. The lowest BCUT2D eigenvalue weighted by Crippen LogP contribution is -2.49. The molecular weight excluding hydrogens is 380 g/mol. The number of nitrogens with zero attached hydrogens (tertiary/aromatic N) is 2. The van der Waals surface area contributed by atoms with E-state index in [1.54, 1.807) is 6.07 Å². The second-order valence-electron chi connectivity index (χ2n) is 7.91. The molecule has 0 saturated carbocycles. The molecule has 1 heterocycles. The molecule has 1 N–H and O–H groups in total. The highest BCUT2D eigenvalue weighted by atomic mass is 16.5. The quantitative estimate of drug-likeness (QED) is 0.675. The van der Waals surface area contributed by atoms with Crippen LogP contribution in [0.25, 0.3) is 0 Å². The maximum absolute atomic E-state index is 11.0. The zero-order valence-corrected chi connectivity index (χ0v) is 17.7. The van der Waals surface area contributed by atoms with Crippen molar-refractivity contribution in [3.05, 3.63) is 58.7 Å². The summed E-state index contributed by atoms with van der Waals surface area (Å²) in [5.74, 6) is 0.413. The fourth-order valence-corrected chi connectivity index (χ4v) is 3.55. The first-order valence-electron chi connectivity index (χ1n) is 10.3. The molecular formula is C24H28N2O4. The summed E-state index contributed by atoms with van der Waals surface area (Å²) in [4.78, 5) is 13.1. The smallest absolute Gasteiger partial charge is 0.309 e. The Morgan fingerprint density at radius 3 is 2.63 bits per heavy atom. The van der Waals surface area contributed by atoms with Crippen LogP contribution >= 0.6 is 0 Å².